The fourth-order valence-electron chi connectivity index (χ4n) is 17.6. The highest BCUT2D eigenvalue weighted by atomic mass is 16.1. The van der Waals surface area contributed by atoms with E-state index in [4.69, 9.17) is 11.5 Å². The molecule has 9 aliphatic rings. The van der Waals surface area contributed by atoms with Crippen molar-refractivity contribution in [3.8, 4) is 0 Å². The van der Waals surface area contributed by atoms with Crippen molar-refractivity contribution in [2.75, 3.05) is 0 Å². The van der Waals surface area contributed by atoms with Crippen molar-refractivity contribution in [1.29, 1.82) is 0 Å². The number of hydrogen-bond acceptors (Lipinski definition) is 8. The first-order valence-corrected chi connectivity index (χ1v) is 28.8. The lowest BCUT2D eigenvalue weighted by atomic mass is 9.57. The maximum absolute atomic E-state index is 15.3. The number of Topliss-reactive ketones (excluding diaryl/α,β-unsaturated/α-hetero) is 2. The van der Waals surface area contributed by atoms with Gasteiger partial charge in [0.1, 0.15) is 11.6 Å². The number of ketones is 2. The van der Waals surface area contributed by atoms with Gasteiger partial charge in [0.05, 0.1) is 11.8 Å². The van der Waals surface area contributed by atoms with Crippen molar-refractivity contribution in [2.45, 2.75) is 254 Å². The molecular formula is C62H94N6O2. The van der Waals surface area contributed by atoms with E-state index in [1.54, 1.807) is 0 Å². The summed E-state index contributed by atoms with van der Waals surface area (Å²) >= 11 is 0. The van der Waals surface area contributed by atoms with Gasteiger partial charge in [0.2, 0.25) is 0 Å². The van der Waals surface area contributed by atoms with Crippen LogP contribution in [-0.2, 0) is 31.2 Å². The monoisotopic (exact) mass is 955 g/mol. The van der Waals surface area contributed by atoms with Crippen LogP contribution in [0.3, 0.4) is 0 Å². The number of fused-ring (bicyclic) bond motifs is 12. The molecule has 0 spiro atoms. The van der Waals surface area contributed by atoms with Crippen molar-refractivity contribution in [3.05, 3.63) is 69.8 Å². The Hall–Kier alpha value is -2.46. The van der Waals surface area contributed by atoms with Gasteiger partial charge in [-0.1, -0.05) is 145 Å². The molecule has 0 radical (unpaired) electrons. The second-order valence-corrected chi connectivity index (χ2v) is 29.4. The molecule has 70 heavy (non-hydrogen) atoms. The molecule has 4 aliphatic carbocycles. The van der Waals surface area contributed by atoms with E-state index in [-0.39, 0.29) is 118 Å². The maximum Gasteiger partial charge on any atom is 0.142 e. The first-order valence-electron chi connectivity index (χ1n) is 28.8. The number of nitrogens with two attached hydrogens (primary N) is 2. The molecule has 5 saturated heterocycles. The van der Waals surface area contributed by atoms with Gasteiger partial charge in [0, 0.05) is 84.1 Å². The molecule has 4 saturated carbocycles. The SMILES string of the molecule is CC(C)(C)c1cc(C2C3CCC(N3)C3C4CCCCC4C(=O)C4C(N)C(NC43)C(c3cc(C(C)(C)C)cc(C(C)(C)C)c3)C3CCC(N3)C3C4CCCCC4C(=O)C4C(N)C2NC43)cc(C(C)(C)C)c1. The van der Waals surface area contributed by atoms with Crippen molar-refractivity contribution in [3.63, 3.8) is 0 Å². The van der Waals surface area contributed by atoms with Gasteiger partial charge in [-0.05, 0) is 130 Å². The van der Waals surface area contributed by atoms with Gasteiger partial charge in [0.25, 0.3) is 0 Å². The molecule has 0 aromatic heterocycles. The molecule has 8 N–H and O–H groups in total. The predicted octanol–water partition coefficient (Wildman–Crippen LogP) is 9.58. The summed E-state index contributed by atoms with van der Waals surface area (Å²) in [5.41, 5.74) is 23.8. The van der Waals surface area contributed by atoms with E-state index in [2.05, 4.69) is 141 Å². The normalized spacial score (nSPS) is 43.0. The molecule has 20 atom stereocenters. The van der Waals surface area contributed by atoms with E-state index >= 15 is 9.59 Å². The van der Waals surface area contributed by atoms with Gasteiger partial charge in [0.15, 0.2) is 0 Å². The molecule has 5 heterocycles. The Labute approximate surface area is 423 Å². The molecule has 2 aromatic rings. The minimum atomic E-state index is -0.281. The zero-order chi connectivity index (χ0) is 49.7. The van der Waals surface area contributed by atoms with Crippen LogP contribution >= 0.6 is 0 Å². The highest BCUT2D eigenvalue weighted by molar-refractivity contribution is 5.88. The van der Waals surface area contributed by atoms with Crippen molar-refractivity contribution in [1.82, 2.24) is 21.3 Å². The summed E-state index contributed by atoms with van der Waals surface area (Å²) in [4.78, 5) is 30.7. The summed E-state index contributed by atoms with van der Waals surface area (Å²) in [6, 6.07) is 15.2. The summed E-state index contributed by atoms with van der Waals surface area (Å²) in [5.74, 6) is 2.08. The predicted molar refractivity (Wildman–Crippen MR) is 285 cm³/mol. The third kappa shape index (κ3) is 8.28. The van der Waals surface area contributed by atoms with E-state index in [0.29, 0.717) is 35.2 Å². The quantitative estimate of drug-likeness (QED) is 0.176. The lowest BCUT2D eigenvalue weighted by molar-refractivity contribution is -0.138. The largest absolute Gasteiger partial charge is 0.326 e. The van der Waals surface area contributed by atoms with Gasteiger partial charge >= 0.3 is 0 Å². The summed E-state index contributed by atoms with van der Waals surface area (Å²) < 4.78 is 0. The first kappa shape index (κ1) is 49.7. The van der Waals surface area contributed by atoms with Crippen LogP contribution in [-0.4, -0.2) is 72.0 Å². The van der Waals surface area contributed by atoms with Crippen LogP contribution in [0.15, 0.2) is 36.4 Å². The smallest absolute Gasteiger partial charge is 0.142 e. The third-order valence-corrected chi connectivity index (χ3v) is 21.2. The van der Waals surface area contributed by atoms with Crippen molar-refractivity contribution in [2.24, 2.45) is 58.8 Å². The molecule has 9 fully saturated rings. The fraction of sp³-hybridized carbons (Fsp3) is 0.774. The molecule has 2 aromatic carbocycles. The molecule has 0 amide bonds. The van der Waals surface area contributed by atoms with Gasteiger partial charge in [-0.3, -0.25) is 9.59 Å². The topological polar surface area (TPSA) is 134 Å². The molecule has 11 rings (SSSR count). The third-order valence-electron chi connectivity index (χ3n) is 21.2. The standard InChI is InChI=1S/C62H94N6O2/c1-59(2,3)33-25-31(26-34(29-33)60(4,5)6)45-41-21-23-43(65-41)47-37-17-13-16-20-40(37)58(70)50-52(64)56(68-54(47)50)46(32-27-35(61(7,8)9)30-36(28-32)62(10,11)12)42-22-24-44(66-42)48-38-18-14-15-19-39(38)57(69)49-51(63)55(45)67-53(48)49/h25-30,37-56,65-68H,13-24,63-64H2,1-12H3. The summed E-state index contributed by atoms with van der Waals surface area (Å²) in [6.45, 7) is 28.2. The second-order valence-electron chi connectivity index (χ2n) is 29.4. The van der Waals surface area contributed by atoms with Crippen molar-refractivity contribution >= 4 is 11.6 Å². The van der Waals surface area contributed by atoms with Crippen LogP contribution in [0.25, 0.3) is 0 Å². The van der Waals surface area contributed by atoms with Crippen LogP contribution in [0.1, 0.15) is 205 Å². The fourth-order valence-corrected chi connectivity index (χ4v) is 17.6. The molecule has 8 bridgehead atoms. The van der Waals surface area contributed by atoms with Crippen LogP contribution in [0.4, 0.5) is 0 Å². The van der Waals surface area contributed by atoms with E-state index < -0.39 is 0 Å². The number of rotatable bonds is 2. The summed E-state index contributed by atoms with van der Waals surface area (Å²) in [7, 11) is 0. The van der Waals surface area contributed by atoms with Crippen LogP contribution in [0, 0.1) is 47.3 Å². The zero-order valence-electron chi connectivity index (χ0n) is 45.5. The Morgan fingerprint density at radius 1 is 0.386 bits per heavy atom. The van der Waals surface area contributed by atoms with Gasteiger partial charge in [-0.15, -0.1) is 0 Å². The molecular weight excluding hydrogens is 861 g/mol. The van der Waals surface area contributed by atoms with E-state index in [9.17, 15) is 0 Å². The van der Waals surface area contributed by atoms with Crippen LogP contribution in [0.5, 0.6) is 0 Å². The number of carbonyl (C=O) groups is 2. The number of carbonyl (C=O) groups excluding carboxylic acids is 2. The van der Waals surface area contributed by atoms with Gasteiger partial charge in [-0.25, -0.2) is 0 Å². The molecule has 8 heteroatoms. The minimum Gasteiger partial charge on any atom is -0.326 e. The Balaban J connectivity index is 1.10. The van der Waals surface area contributed by atoms with E-state index in [1.165, 1.54) is 46.2 Å². The second kappa shape index (κ2) is 17.6. The highest BCUT2D eigenvalue weighted by Crippen LogP contribution is 2.56. The van der Waals surface area contributed by atoms with Crippen LogP contribution in [0.2, 0.25) is 0 Å². The lowest BCUT2D eigenvalue weighted by Crippen LogP contribution is -2.60. The van der Waals surface area contributed by atoms with Gasteiger partial charge < -0.3 is 32.7 Å². The van der Waals surface area contributed by atoms with E-state index in [1.807, 2.05) is 0 Å². The molecule has 20 unspecified atom stereocenters. The lowest BCUT2D eigenvalue weighted by Gasteiger charge is -2.49. The molecule has 5 aliphatic heterocycles. The summed E-state index contributed by atoms with van der Waals surface area (Å²) in [5, 5.41) is 17.9. The van der Waals surface area contributed by atoms with Crippen LogP contribution < -0.4 is 32.7 Å². The number of benzene rings is 2. The average Bonchev–Trinajstić information content (AvgIpc) is 4.10. The van der Waals surface area contributed by atoms with Gasteiger partial charge in [-0.2, -0.15) is 0 Å². The van der Waals surface area contributed by atoms with E-state index in [0.717, 1.165) is 64.2 Å². The number of nitrogens with one attached hydrogen (secondary N) is 4. The molecule has 8 nitrogen and oxygen atoms in total. The Bertz CT molecular complexity index is 2100. The highest BCUT2D eigenvalue weighted by Gasteiger charge is 2.64. The minimum absolute atomic E-state index is 0.0230. The summed E-state index contributed by atoms with van der Waals surface area (Å²) in [6.07, 6.45) is 13.1. The zero-order valence-corrected chi connectivity index (χ0v) is 45.5. The molecule has 384 valence electrons. The Morgan fingerprint density at radius 3 is 1.03 bits per heavy atom. The average molecular weight is 955 g/mol. The maximum atomic E-state index is 15.3. The Morgan fingerprint density at radius 2 is 0.700 bits per heavy atom. The first-order chi connectivity index (χ1) is 32.9. The van der Waals surface area contributed by atoms with Crippen molar-refractivity contribution < 1.29 is 9.59 Å². The number of hydrogen-bond donors (Lipinski definition) is 6. The Kier molecular flexibility index (Phi) is 12.5.